The van der Waals surface area contributed by atoms with Gasteiger partial charge in [0.05, 0.1) is 0 Å². The zero-order valence-electron chi connectivity index (χ0n) is 11.7. The maximum Gasteiger partial charge on any atom is 0.262 e. The standard InChI is InChI=1S/C17H13FN2OS/c1-2-9-20-17(21)13(11-19)10-15-7-8-16(22-15)12-3-5-14(18)6-4-12/h2-8,10H,1,9H2,(H,20,21)/b13-10+. The number of nitrogens with zero attached hydrogens (tertiary/aromatic N) is 1. The number of carbonyl (C=O) groups is 1. The predicted molar refractivity (Wildman–Crippen MR) is 86.5 cm³/mol. The summed E-state index contributed by atoms with van der Waals surface area (Å²) in [4.78, 5) is 13.5. The van der Waals surface area contributed by atoms with Gasteiger partial charge in [-0.15, -0.1) is 17.9 Å². The van der Waals surface area contributed by atoms with Crippen LogP contribution in [0.3, 0.4) is 0 Å². The predicted octanol–water partition coefficient (Wildman–Crippen LogP) is 3.76. The molecule has 0 saturated heterocycles. The van der Waals surface area contributed by atoms with Crippen LogP contribution in [0.15, 0.2) is 54.6 Å². The Kier molecular flexibility index (Phi) is 5.23. The summed E-state index contributed by atoms with van der Waals surface area (Å²) in [7, 11) is 0. The molecule has 0 radical (unpaired) electrons. The Labute approximate surface area is 132 Å². The van der Waals surface area contributed by atoms with E-state index in [1.165, 1.54) is 29.5 Å². The van der Waals surface area contributed by atoms with Gasteiger partial charge in [-0.25, -0.2) is 4.39 Å². The first kappa shape index (κ1) is 15.7. The van der Waals surface area contributed by atoms with Crippen LogP contribution in [0.5, 0.6) is 0 Å². The molecule has 1 heterocycles. The molecular formula is C17H13FN2OS. The quantitative estimate of drug-likeness (QED) is 0.519. The largest absolute Gasteiger partial charge is 0.348 e. The third-order valence-corrected chi connectivity index (χ3v) is 3.90. The number of nitrogens with one attached hydrogen (secondary N) is 1. The topological polar surface area (TPSA) is 52.9 Å². The molecule has 0 aliphatic rings. The third kappa shape index (κ3) is 3.90. The van der Waals surface area contributed by atoms with Crippen LogP contribution in [0.1, 0.15) is 4.88 Å². The van der Waals surface area contributed by atoms with Crippen molar-refractivity contribution in [1.82, 2.24) is 5.32 Å². The number of rotatable bonds is 5. The molecule has 1 N–H and O–H groups in total. The monoisotopic (exact) mass is 312 g/mol. The second-order valence-electron chi connectivity index (χ2n) is 4.38. The Morgan fingerprint density at radius 3 is 2.68 bits per heavy atom. The number of nitriles is 1. The summed E-state index contributed by atoms with van der Waals surface area (Å²) < 4.78 is 12.9. The molecule has 0 bridgehead atoms. The molecule has 0 aliphatic carbocycles. The van der Waals surface area contributed by atoms with Gasteiger partial charge >= 0.3 is 0 Å². The molecular weight excluding hydrogens is 299 g/mol. The second kappa shape index (κ2) is 7.34. The van der Waals surface area contributed by atoms with E-state index in [-0.39, 0.29) is 11.4 Å². The smallest absolute Gasteiger partial charge is 0.262 e. The van der Waals surface area contributed by atoms with Gasteiger partial charge in [0, 0.05) is 16.3 Å². The zero-order valence-corrected chi connectivity index (χ0v) is 12.5. The fourth-order valence-electron chi connectivity index (χ4n) is 1.75. The molecule has 2 rings (SSSR count). The van der Waals surface area contributed by atoms with Gasteiger partial charge < -0.3 is 5.32 Å². The summed E-state index contributed by atoms with van der Waals surface area (Å²) in [5.74, 6) is -0.717. The first-order chi connectivity index (χ1) is 10.6. The Balaban J connectivity index is 2.21. The van der Waals surface area contributed by atoms with E-state index in [0.717, 1.165) is 15.3 Å². The van der Waals surface area contributed by atoms with E-state index < -0.39 is 5.91 Å². The fraction of sp³-hybridized carbons (Fsp3) is 0.0588. The van der Waals surface area contributed by atoms with Gasteiger partial charge in [-0.1, -0.05) is 18.2 Å². The van der Waals surface area contributed by atoms with E-state index in [4.69, 9.17) is 5.26 Å². The number of halogens is 1. The molecule has 0 unspecified atom stereocenters. The lowest BCUT2D eigenvalue weighted by Gasteiger charge is -1.99. The van der Waals surface area contributed by atoms with Gasteiger partial charge in [0.2, 0.25) is 0 Å². The molecule has 0 fully saturated rings. The van der Waals surface area contributed by atoms with E-state index in [2.05, 4.69) is 11.9 Å². The fourth-order valence-corrected chi connectivity index (χ4v) is 2.71. The summed E-state index contributed by atoms with van der Waals surface area (Å²) in [5.41, 5.74) is 0.926. The highest BCUT2D eigenvalue weighted by Crippen LogP contribution is 2.29. The van der Waals surface area contributed by atoms with Crippen LogP contribution in [-0.2, 0) is 4.79 Å². The van der Waals surface area contributed by atoms with Gasteiger partial charge in [-0.05, 0) is 35.9 Å². The van der Waals surface area contributed by atoms with Gasteiger partial charge in [0.1, 0.15) is 17.5 Å². The third-order valence-electron chi connectivity index (χ3n) is 2.81. The minimum Gasteiger partial charge on any atom is -0.348 e. The Bertz CT molecular complexity index is 754. The molecule has 22 heavy (non-hydrogen) atoms. The summed E-state index contributed by atoms with van der Waals surface area (Å²) in [6.07, 6.45) is 3.08. The van der Waals surface area contributed by atoms with Gasteiger partial charge in [0.15, 0.2) is 0 Å². The van der Waals surface area contributed by atoms with Crippen molar-refractivity contribution in [2.45, 2.75) is 0 Å². The minimum absolute atomic E-state index is 0.0364. The Morgan fingerprint density at radius 1 is 1.32 bits per heavy atom. The second-order valence-corrected chi connectivity index (χ2v) is 5.49. The summed E-state index contributed by atoms with van der Waals surface area (Å²) in [6.45, 7) is 3.81. The van der Waals surface area contributed by atoms with Crippen molar-refractivity contribution >= 4 is 23.3 Å². The van der Waals surface area contributed by atoms with Crippen LogP contribution in [0.2, 0.25) is 0 Å². The molecule has 1 amide bonds. The molecule has 2 aromatic rings. The molecule has 1 aromatic carbocycles. The lowest BCUT2D eigenvalue weighted by Crippen LogP contribution is -2.24. The highest BCUT2D eigenvalue weighted by Gasteiger charge is 2.09. The van der Waals surface area contributed by atoms with Crippen LogP contribution < -0.4 is 5.32 Å². The molecule has 110 valence electrons. The van der Waals surface area contributed by atoms with E-state index in [1.54, 1.807) is 18.2 Å². The van der Waals surface area contributed by atoms with Crippen molar-refractivity contribution in [3.8, 4) is 16.5 Å². The van der Waals surface area contributed by atoms with Gasteiger partial charge in [0.25, 0.3) is 5.91 Å². The Morgan fingerprint density at radius 2 is 2.05 bits per heavy atom. The minimum atomic E-state index is -0.431. The molecule has 1 aromatic heterocycles. The first-order valence-corrected chi connectivity index (χ1v) is 7.32. The molecule has 3 nitrogen and oxygen atoms in total. The molecule has 0 atom stereocenters. The number of amides is 1. The van der Waals surface area contributed by atoms with Crippen molar-refractivity contribution in [3.05, 3.63) is 65.3 Å². The number of carbonyl (C=O) groups excluding carboxylic acids is 1. The molecule has 0 aliphatic heterocycles. The highest BCUT2D eigenvalue weighted by molar-refractivity contribution is 7.16. The summed E-state index contributed by atoms with van der Waals surface area (Å²) >= 11 is 1.43. The molecule has 5 heteroatoms. The van der Waals surface area contributed by atoms with Crippen molar-refractivity contribution in [1.29, 1.82) is 5.26 Å². The summed E-state index contributed by atoms with van der Waals surface area (Å²) in [6, 6.07) is 11.8. The number of thiophene rings is 1. The average Bonchev–Trinajstić information content (AvgIpc) is 2.99. The molecule has 0 saturated carbocycles. The first-order valence-electron chi connectivity index (χ1n) is 6.50. The van der Waals surface area contributed by atoms with Crippen LogP contribution in [0.4, 0.5) is 4.39 Å². The summed E-state index contributed by atoms with van der Waals surface area (Å²) in [5, 5.41) is 11.6. The Hall–Kier alpha value is -2.71. The van der Waals surface area contributed by atoms with Crippen molar-refractivity contribution in [3.63, 3.8) is 0 Å². The number of hydrogen-bond donors (Lipinski definition) is 1. The lowest BCUT2D eigenvalue weighted by molar-refractivity contribution is -0.116. The van der Waals surface area contributed by atoms with Crippen LogP contribution in [-0.4, -0.2) is 12.5 Å². The highest BCUT2D eigenvalue weighted by atomic mass is 32.1. The van der Waals surface area contributed by atoms with Crippen molar-refractivity contribution in [2.75, 3.05) is 6.54 Å². The maximum atomic E-state index is 12.9. The van der Waals surface area contributed by atoms with Crippen LogP contribution in [0.25, 0.3) is 16.5 Å². The normalized spacial score (nSPS) is 10.8. The molecule has 0 spiro atoms. The van der Waals surface area contributed by atoms with E-state index in [1.807, 2.05) is 18.2 Å². The number of hydrogen-bond acceptors (Lipinski definition) is 3. The van der Waals surface area contributed by atoms with E-state index >= 15 is 0 Å². The van der Waals surface area contributed by atoms with E-state index in [9.17, 15) is 9.18 Å². The zero-order chi connectivity index (χ0) is 15.9. The SMILES string of the molecule is C=CCNC(=O)/C(C#N)=C/c1ccc(-c2ccc(F)cc2)s1. The number of benzene rings is 1. The van der Waals surface area contributed by atoms with Crippen molar-refractivity contribution < 1.29 is 9.18 Å². The van der Waals surface area contributed by atoms with Crippen LogP contribution >= 0.6 is 11.3 Å². The van der Waals surface area contributed by atoms with Crippen LogP contribution in [0, 0.1) is 17.1 Å². The lowest BCUT2D eigenvalue weighted by atomic mass is 10.2. The van der Waals surface area contributed by atoms with E-state index in [0.29, 0.717) is 6.54 Å². The van der Waals surface area contributed by atoms with Gasteiger partial charge in [-0.2, -0.15) is 5.26 Å². The maximum absolute atomic E-state index is 12.9. The average molecular weight is 312 g/mol. The van der Waals surface area contributed by atoms with Gasteiger partial charge in [-0.3, -0.25) is 4.79 Å². The van der Waals surface area contributed by atoms with Crippen molar-refractivity contribution in [2.24, 2.45) is 0 Å².